The third-order valence-electron chi connectivity index (χ3n) is 13.0. The molecule has 12 heteroatoms. The Labute approximate surface area is 329 Å². The van der Waals surface area contributed by atoms with Gasteiger partial charge in [-0.15, -0.1) is 5.54 Å². The summed E-state index contributed by atoms with van der Waals surface area (Å²) in [6, 6.07) is 13.7. The van der Waals surface area contributed by atoms with E-state index in [9.17, 15) is 15.2 Å². The molecule has 3 aliphatic heterocycles. The van der Waals surface area contributed by atoms with Crippen molar-refractivity contribution < 1.29 is 23.4 Å². The first-order valence-electron chi connectivity index (χ1n) is 20.1. The van der Waals surface area contributed by atoms with Gasteiger partial charge in [0, 0.05) is 36.0 Å². The maximum absolute atomic E-state index is 17.4. The number of aromatic nitrogens is 2. The van der Waals surface area contributed by atoms with Gasteiger partial charge < -0.3 is 19.6 Å². The highest BCUT2D eigenvalue weighted by molar-refractivity contribution is 6.90. The number of carboxylic acid groups (broad SMARTS) is 1. The van der Waals surface area contributed by atoms with Gasteiger partial charge >= 0.3 is 12.1 Å². The van der Waals surface area contributed by atoms with Gasteiger partial charge in [0.05, 0.1) is 29.6 Å². The number of ether oxygens (including phenoxy) is 1. The van der Waals surface area contributed by atoms with Gasteiger partial charge in [-0.25, -0.2) is 13.6 Å². The number of anilines is 1. The maximum atomic E-state index is 17.4. The summed E-state index contributed by atoms with van der Waals surface area (Å²) in [6.07, 6.45) is 3.12. The Morgan fingerprint density at radius 2 is 1.68 bits per heavy atom. The summed E-state index contributed by atoms with van der Waals surface area (Å²) in [5, 5.41) is 21.2. The van der Waals surface area contributed by atoms with Crippen molar-refractivity contribution in [1.82, 2.24) is 19.8 Å². The summed E-state index contributed by atoms with van der Waals surface area (Å²) >= 11 is 0. The molecule has 0 unspecified atom stereocenters. The van der Waals surface area contributed by atoms with Gasteiger partial charge in [-0.3, -0.25) is 4.90 Å². The zero-order valence-corrected chi connectivity index (χ0v) is 34.3. The summed E-state index contributed by atoms with van der Waals surface area (Å²) < 4.78 is 39.9. The molecule has 9 nitrogen and oxygen atoms in total. The number of amides is 1. The minimum atomic E-state index is -2.24. The van der Waals surface area contributed by atoms with E-state index < -0.39 is 31.8 Å². The first-order valence-corrected chi connectivity index (χ1v) is 22.3. The van der Waals surface area contributed by atoms with Crippen molar-refractivity contribution >= 4 is 41.7 Å². The molecular weight excluding hydrogens is 727 g/mol. The molecule has 56 heavy (non-hydrogen) atoms. The lowest BCUT2D eigenvalue weighted by molar-refractivity contribution is 0.107. The molecule has 0 bridgehead atoms. The van der Waals surface area contributed by atoms with Crippen molar-refractivity contribution in [3.05, 3.63) is 59.7 Å². The molecule has 3 saturated heterocycles. The first kappa shape index (κ1) is 39.5. The van der Waals surface area contributed by atoms with Crippen LogP contribution >= 0.6 is 0 Å². The van der Waals surface area contributed by atoms with Gasteiger partial charge in [0.25, 0.3) is 0 Å². The van der Waals surface area contributed by atoms with Crippen molar-refractivity contribution in [2.45, 2.75) is 102 Å². The van der Waals surface area contributed by atoms with Gasteiger partial charge in [0.1, 0.15) is 31.8 Å². The van der Waals surface area contributed by atoms with Crippen LogP contribution in [0, 0.1) is 34.4 Å². The van der Waals surface area contributed by atoms with Crippen LogP contribution in [0.1, 0.15) is 79.2 Å². The average molecular weight is 779 g/mol. The van der Waals surface area contributed by atoms with Crippen molar-refractivity contribution in [1.29, 1.82) is 5.26 Å². The summed E-state index contributed by atoms with van der Waals surface area (Å²) in [4.78, 5) is 27.3. The fraction of sp³-hybridized carbons (Fsp3) is 0.500. The highest BCUT2D eigenvalue weighted by Crippen LogP contribution is 2.43. The molecule has 1 N–H and O–H groups in total. The lowest BCUT2D eigenvalue weighted by Gasteiger charge is -2.40. The molecule has 0 radical (unpaired) electrons. The Morgan fingerprint density at radius 3 is 2.34 bits per heavy atom. The molecule has 4 heterocycles. The Bertz CT molecular complexity index is 2230. The Kier molecular flexibility index (Phi) is 11.0. The van der Waals surface area contributed by atoms with E-state index in [1.54, 1.807) is 24.3 Å². The van der Waals surface area contributed by atoms with Crippen LogP contribution in [-0.2, 0) is 0 Å². The van der Waals surface area contributed by atoms with Gasteiger partial charge in [0.15, 0.2) is 5.82 Å². The monoisotopic (exact) mass is 778 g/mol. The average Bonchev–Trinajstić information content (AvgIpc) is 3.75. The van der Waals surface area contributed by atoms with Gasteiger partial charge in [-0.2, -0.15) is 15.2 Å². The standard InChI is InChI=1S/C44H52F2N6O3Si/c1-28(2)56(29(3)4,30(5)6)25-17-35-37(45)15-12-31-10-7-11-33(38(31)35)34-13-14-36-40(39(34)46)48-42(55-27-44-18-8-21-51(44)22-9-19-44)49-41(36)50-23-24-52(43(53)54)32(26-50)16-20-47/h7,10-15,28-30,32H,8-9,16,18-19,21-24,26-27H2,1-6H3,(H,53,54)/t32-/m0/s1. The van der Waals surface area contributed by atoms with E-state index in [0.717, 1.165) is 44.2 Å². The number of halogens is 2. The maximum Gasteiger partial charge on any atom is 0.407 e. The number of hydrogen-bond acceptors (Lipinski definition) is 7. The minimum Gasteiger partial charge on any atom is -0.465 e. The van der Waals surface area contributed by atoms with Gasteiger partial charge in [-0.1, -0.05) is 77.8 Å². The van der Waals surface area contributed by atoms with E-state index in [1.807, 2.05) is 17.0 Å². The lowest BCUT2D eigenvalue weighted by atomic mass is 9.93. The molecule has 0 saturated carbocycles. The van der Waals surface area contributed by atoms with Crippen molar-refractivity contribution in [3.8, 4) is 34.7 Å². The Balaban J connectivity index is 1.38. The zero-order chi connectivity index (χ0) is 39.9. The van der Waals surface area contributed by atoms with E-state index in [4.69, 9.17) is 14.7 Å². The predicted octanol–water partition coefficient (Wildman–Crippen LogP) is 9.39. The molecule has 0 aliphatic carbocycles. The third kappa shape index (κ3) is 6.85. The number of nitriles is 1. The van der Waals surface area contributed by atoms with Crippen LogP contribution in [0.4, 0.5) is 19.4 Å². The molecule has 1 amide bonds. The molecule has 1 atom stereocenters. The van der Waals surface area contributed by atoms with Crippen molar-refractivity contribution in [2.75, 3.05) is 44.2 Å². The van der Waals surface area contributed by atoms with E-state index >= 15 is 8.78 Å². The largest absolute Gasteiger partial charge is 0.465 e. The zero-order valence-electron chi connectivity index (χ0n) is 33.3. The Morgan fingerprint density at radius 1 is 0.964 bits per heavy atom. The fourth-order valence-corrected chi connectivity index (χ4v) is 15.4. The number of carbonyl (C=O) groups is 1. The number of rotatable bonds is 9. The normalized spacial score (nSPS) is 18.5. The van der Waals surface area contributed by atoms with Gasteiger partial charge in [0.2, 0.25) is 0 Å². The second-order valence-electron chi connectivity index (χ2n) is 16.8. The highest BCUT2D eigenvalue weighted by atomic mass is 28.3. The molecule has 3 fully saturated rings. The van der Waals surface area contributed by atoms with E-state index in [0.29, 0.717) is 51.9 Å². The second kappa shape index (κ2) is 15.6. The minimum absolute atomic E-state index is 0.00399. The number of hydrogen-bond donors (Lipinski definition) is 1. The highest BCUT2D eigenvalue weighted by Gasteiger charge is 2.45. The molecular formula is C44H52F2N6O3Si. The van der Waals surface area contributed by atoms with Crippen LogP contribution in [0.3, 0.4) is 0 Å². The number of fused-ring (bicyclic) bond motifs is 3. The molecule has 7 rings (SSSR count). The second-order valence-corrected chi connectivity index (χ2v) is 22.4. The van der Waals surface area contributed by atoms with Crippen LogP contribution in [-0.4, -0.2) is 90.0 Å². The van der Waals surface area contributed by atoms with E-state index in [-0.39, 0.29) is 47.7 Å². The molecule has 294 valence electrons. The van der Waals surface area contributed by atoms with Crippen molar-refractivity contribution in [2.24, 2.45) is 0 Å². The summed E-state index contributed by atoms with van der Waals surface area (Å²) in [7, 11) is -2.24. The molecule has 3 aromatic carbocycles. The van der Waals surface area contributed by atoms with Crippen LogP contribution in [0.5, 0.6) is 6.01 Å². The fourth-order valence-electron chi connectivity index (χ4n) is 10.2. The first-order chi connectivity index (χ1) is 26.8. The van der Waals surface area contributed by atoms with E-state index in [1.165, 1.54) is 11.0 Å². The van der Waals surface area contributed by atoms with E-state index in [2.05, 4.69) is 64.0 Å². The Hall–Kier alpha value is -4.78. The third-order valence-corrected chi connectivity index (χ3v) is 19.2. The molecule has 0 spiro atoms. The number of piperazine rings is 1. The summed E-state index contributed by atoms with van der Waals surface area (Å²) in [5.41, 5.74) is 5.71. The molecule has 1 aromatic heterocycles. The lowest BCUT2D eigenvalue weighted by Crippen LogP contribution is -2.55. The predicted molar refractivity (Wildman–Crippen MR) is 220 cm³/mol. The van der Waals surface area contributed by atoms with Crippen LogP contribution in [0.25, 0.3) is 32.8 Å². The van der Waals surface area contributed by atoms with Crippen LogP contribution < -0.4 is 9.64 Å². The molecule has 4 aromatic rings. The quantitative estimate of drug-likeness (QED) is 0.132. The van der Waals surface area contributed by atoms with Gasteiger partial charge in [-0.05, 0) is 78.5 Å². The van der Waals surface area contributed by atoms with Crippen LogP contribution in [0.2, 0.25) is 16.6 Å². The van der Waals surface area contributed by atoms with Crippen LogP contribution in [0.15, 0.2) is 42.5 Å². The number of nitrogens with zero attached hydrogens (tertiary/aromatic N) is 6. The summed E-state index contributed by atoms with van der Waals surface area (Å²) in [5.74, 6) is 2.72. The summed E-state index contributed by atoms with van der Waals surface area (Å²) in [6.45, 7) is 16.4. The SMILES string of the molecule is CC(C)[Si](C#Cc1c(F)ccc2cccc(-c3ccc4c(N5CCN(C(=O)O)[C@@H](CC#N)C5)nc(OCC56CCCN5CCC6)nc4c3F)c12)(C(C)C)C(C)C. The molecule has 3 aliphatic rings. The van der Waals surface area contributed by atoms with Crippen molar-refractivity contribution in [3.63, 3.8) is 0 Å². The smallest absolute Gasteiger partial charge is 0.407 e. The topological polar surface area (TPSA) is 106 Å². The number of benzene rings is 3.